The first kappa shape index (κ1) is 18.4. The number of carbonyl (C=O) groups is 2. The van der Waals surface area contributed by atoms with Crippen molar-refractivity contribution in [2.75, 3.05) is 31.9 Å². The van der Waals surface area contributed by atoms with Gasteiger partial charge in [-0.05, 0) is 44.9 Å². The third-order valence-corrected chi connectivity index (χ3v) is 8.52. The number of amides is 2. The molecule has 3 aliphatic rings. The first-order valence-corrected chi connectivity index (χ1v) is 12.0. The number of carbonyl (C=O) groups excluding carboxylic acids is 2. The SMILES string of the molecule is O=C(CCCCC1CCSS1)N1CCC(C(=O)N2CCCC2)CC1. The van der Waals surface area contributed by atoms with Gasteiger partial charge in [0.05, 0.1) is 0 Å². The molecule has 3 fully saturated rings. The van der Waals surface area contributed by atoms with Crippen LogP contribution in [0.15, 0.2) is 0 Å². The maximum Gasteiger partial charge on any atom is 0.225 e. The van der Waals surface area contributed by atoms with Crippen LogP contribution in [0.4, 0.5) is 0 Å². The van der Waals surface area contributed by atoms with Gasteiger partial charge < -0.3 is 9.80 Å². The second kappa shape index (κ2) is 9.37. The lowest BCUT2D eigenvalue weighted by Crippen LogP contribution is -2.43. The van der Waals surface area contributed by atoms with Gasteiger partial charge in [-0.3, -0.25) is 9.59 Å². The van der Waals surface area contributed by atoms with E-state index in [4.69, 9.17) is 0 Å². The minimum Gasteiger partial charge on any atom is -0.343 e. The second-order valence-corrected chi connectivity index (χ2v) is 10.0. The largest absolute Gasteiger partial charge is 0.343 e. The van der Waals surface area contributed by atoms with Gasteiger partial charge in [-0.15, -0.1) is 0 Å². The van der Waals surface area contributed by atoms with Gasteiger partial charge in [0.2, 0.25) is 11.8 Å². The summed E-state index contributed by atoms with van der Waals surface area (Å²) in [5.74, 6) is 2.09. The van der Waals surface area contributed by atoms with Crippen LogP contribution < -0.4 is 0 Å². The molecule has 3 heterocycles. The number of likely N-dealkylation sites (tertiary alicyclic amines) is 2. The first-order chi connectivity index (χ1) is 11.7. The summed E-state index contributed by atoms with van der Waals surface area (Å²) in [6.07, 6.45) is 9.51. The molecule has 6 heteroatoms. The number of hydrogen-bond donors (Lipinski definition) is 0. The first-order valence-electron chi connectivity index (χ1n) is 9.59. The van der Waals surface area contributed by atoms with Gasteiger partial charge in [0, 0.05) is 49.5 Å². The number of piperidine rings is 1. The fourth-order valence-corrected chi connectivity index (χ4v) is 6.97. The van der Waals surface area contributed by atoms with E-state index in [0.29, 0.717) is 18.2 Å². The Morgan fingerprint density at radius 3 is 2.33 bits per heavy atom. The van der Waals surface area contributed by atoms with E-state index in [9.17, 15) is 9.59 Å². The Morgan fingerprint density at radius 1 is 0.917 bits per heavy atom. The van der Waals surface area contributed by atoms with Crippen molar-refractivity contribution >= 4 is 33.4 Å². The van der Waals surface area contributed by atoms with Crippen molar-refractivity contribution in [2.45, 2.75) is 63.0 Å². The fourth-order valence-electron chi connectivity index (χ4n) is 3.94. The van der Waals surface area contributed by atoms with E-state index >= 15 is 0 Å². The minimum absolute atomic E-state index is 0.157. The molecule has 3 saturated heterocycles. The molecule has 0 N–H and O–H groups in total. The molecule has 24 heavy (non-hydrogen) atoms. The summed E-state index contributed by atoms with van der Waals surface area (Å²) in [6, 6.07) is 0. The number of unbranched alkanes of at least 4 members (excludes halogenated alkanes) is 1. The molecule has 0 aliphatic carbocycles. The van der Waals surface area contributed by atoms with Crippen molar-refractivity contribution in [1.29, 1.82) is 0 Å². The topological polar surface area (TPSA) is 40.6 Å². The van der Waals surface area contributed by atoms with Crippen molar-refractivity contribution in [3.63, 3.8) is 0 Å². The Morgan fingerprint density at radius 2 is 1.67 bits per heavy atom. The van der Waals surface area contributed by atoms with Gasteiger partial charge in [0.25, 0.3) is 0 Å². The van der Waals surface area contributed by atoms with Gasteiger partial charge in [0.15, 0.2) is 0 Å². The highest BCUT2D eigenvalue weighted by atomic mass is 33.1. The zero-order valence-electron chi connectivity index (χ0n) is 14.6. The van der Waals surface area contributed by atoms with Crippen molar-refractivity contribution < 1.29 is 9.59 Å². The minimum atomic E-state index is 0.157. The van der Waals surface area contributed by atoms with E-state index in [1.807, 2.05) is 31.4 Å². The predicted octanol–water partition coefficient (Wildman–Crippen LogP) is 3.56. The molecule has 4 nitrogen and oxygen atoms in total. The standard InChI is InChI=1S/C18H30N2O2S2/c21-17(6-2-1-5-16-9-14-23-24-16)19-12-7-15(8-13-19)18(22)20-10-3-4-11-20/h15-16H,1-14H2. The third-order valence-electron chi connectivity index (χ3n) is 5.51. The van der Waals surface area contributed by atoms with Gasteiger partial charge in [-0.1, -0.05) is 28.0 Å². The van der Waals surface area contributed by atoms with Crippen LogP contribution >= 0.6 is 21.6 Å². The maximum atomic E-state index is 12.4. The van der Waals surface area contributed by atoms with Gasteiger partial charge in [-0.25, -0.2) is 0 Å². The lowest BCUT2D eigenvalue weighted by Gasteiger charge is -2.33. The summed E-state index contributed by atoms with van der Waals surface area (Å²) in [5.41, 5.74) is 0. The lowest BCUT2D eigenvalue weighted by molar-refractivity contribution is -0.140. The van der Waals surface area contributed by atoms with Gasteiger partial charge >= 0.3 is 0 Å². The van der Waals surface area contributed by atoms with Crippen molar-refractivity contribution in [3.8, 4) is 0 Å². The van der Waals surface area contributed by atoms with E-state index in [2.05, 4.69) is 0 Å². The molecule has 136 valence electrons. The molecule has 0 saturated carbocycles. The van der Waals surface area contributed by atoms with E-state index in [1.54, 1.807) is 0 Å². The van der Waals surface area contributed by atoms with Crippen LogP contribution in [-0.4, -0.2) is 58.8 Å². The average Bonchev–Trinajstić information content (AvgIpc) is 3.31. The van der Waals surface area contributed by atoms with Crippen LogP contribution in [0.5, 0.6) is 0 Å². The van der Waals surface area contributed by atoms with E-state index in [1.165, 1.54) is 25.0 Å². The Bertz CT molecular complexity index is 427. The molecule has 0 aromatic carbocycles. The van der Waals surface area contributed by atoms with Crippen molar-refractivity contribution in [3.05, 3.63) is 0 Å². The van der Waals surface area contributed by atoms with Gasteiger partial charge in [0.1, 0.15) is 0 Å². The zero-order valence-corrected chi connectivity index (χ0v) is 16.2. The molecule has 0 radical (unpaired) electrons. The zero-order chi connectivity index (χ0) is 16.8. The highest BCUT2D eigenvalue weighted by Gasteiger charge is 2.31. The maximum absolute atomic E-state index is 12.4. The van der Waals surface area contributed by atoms with Gasteiger partial charge in [-0.2, -0.15) is 0 Å². The Kier molecular flexibility index (Phi) is 7.20. The third kappa shape index (κ3) is 5.07. The van der Waals surface area contributed by atoms with Crippen LogP contribution in [-0.2, 0) is 9.59 Å². The summed E-state index contributed by atoms with van der Waals surface area (Å²) >= 11 is 0. The molecule has 0 spiro atoms. The van der Waals surface area contributed by atoms with Crippen LogP contribution in [0.1, 0.15) is 57.8 Å². The van der Waals surface area contributed by atoms with Crippen LogP contribution in [0.3, 0.4) is 0 Å². The Hall–Kier alpha value is -0.360. The van der Waals surface area contributed by atoms with Crippen LogP contribution in [0, 0.1) is 5.92 Å². The lowest BCUT2D eigenvalue weighted by atomic mass is 9.95. The molecule has 0 aromatic heterocycles. The number of rotatable bonds is 6. The molecule has 1 atom stereocenters. The van der Waals surface area contributed by atoms with Crippen LogP contribution in [0.25, 0.3) is 0 Å². The fraction of sp³-hybridized carbons (Fsp3) is 0.889. The molecule has 2 amide bonds. The highest BCUT2D eigenvalue weighted by Crippen LogP contribution is 2.39. The molecule has 1 unspecified atom stereocenters. The van der Waals surface area contributed by atoms with E-state index in [-0.39, 0.29) is 5.92 Å². The van der Waals surface area contributed by atoms with Crippen molar-refractivity contribution in [1.82, 2.24) is 9.80 Å². The molecule has 3 rings (SSSR count). The monoisotopic (exact) mass is 370 g/mol. The predicted molar refractivity (Wildman–Crippen MR) is 102 cm³/mol. The molecule has 0 bridgehead atoms. The van der Waals surface area contributed by atoms with Crippen molar-refractivity contribution in [2.24, 2.45) is 5.92 Å². The van der Waals surface area contributed by atoms with E-state index < -0.39 is 0 Å². The summed E-state index contributed by atoms with van der Waals surface area (Å²) in [5, 5.41) is 0.817. The second-order valence-electron chi connectivity index (χ2n) is 7.26. The normalized spacial score (nSPS) is 25.4. The summed E-state index contributed by atoms with van der Waals surface area (Å²) in [6.45, 7) is 3.43. The summed E-state index contributed by atoms with van der Waals surface area (Å²) in [7, 11) is 4.02. The quantitative estimate of drug-likeness (QED) is 0.529. The Balaban J connectivity index is 1.30. The average molecular weight is 371 g/mol. The smallest absolute Gasteiger partial charge is 0.225 e. The van der Waals surface area contributed by atoms with E-state index in [0.717, 1.165) is 63.5 Å². The Labute approximate surface area is 153 Å². The highest BCUT2D eigenvalue weighted by molar-refractivity contribution is 8.77. The summed E-state index contributed by atoms with van der Waals surface area (Å²) < 4.78 is 0. The van der Waals surface area contributed by atoms with Crippen LogP contribution in [0.2, 0.25) is 0 Å². The molecular formula is C18H30N2O2S2. The summed E-state index contributed by atoms with van der Waals surface area (Å²) in [4.78, 5) is 28.8. The molecule has 0 aromatic rings. The number of hydrogen-bond acceptors (Lipinski definition) is 4. The molecule has 3 aliphatic heterocycles. The number of nitrogens with zero attached hydrogens (tertiary/aromatic N) is 2. The molecular weight excluding hydrogens is 340 g/mol.